The van der Waals surface area contributed by atoms with Gasteiger partial charge in [0.2, 0.25) is 0 Å². The molecule has 1 aliphatic heterocycles. The first-order valence-corrected chi connectivity index (χ1v) is 7.85. The van der Waals surface area contributed by atoms with E-state index in [1.165, 1.54) is 19.1 Å². The van der Waals surface area contributed by atoms with Crippen molar-refractivity contribution in [1.82, 2.24) is 10.3 Å². The van der Waals surface area contributed by atoms with Crippen LogP contribution in [0.15, 0.2) is 10.7 Å². The summed E-state index contributed by atoms with van der Waals surface area (Å²) >= 11 is 0. The molecule has 1 unspecified atom stereocenters. The predicted octanol–water partition coefficient (Wildman–Crippen LogP) is 2.21. The summed E-state index contributed by atoms with van der Waals surface area (Å²) in [7, 11) is 0. The van der Waals surface area contributed by atoms with Gasteiger partial charge in [-0.15, -0.1) is 0 Å². The number of anilines is 1. The van der Waals surface area contributed by atoms with Gasteiger partial charge in [-0.05, 0) is 32.7 Å². The van der Waals surface area contributed by atoms with Crippen LogP contribution in [0.5, 0.6) is 0 Å². The predicted molar refractivity (Wildman–Crippen MR) is 80.6 cm³/mol. The molecule has 21 heavy (non-hydrogen) atoms. The molecule has 6 heteroatoms. The van der Waals surface area contributed by atoms with Crippen molar-refractivity contribution in [2.45, 2.75) is 45.6 Å². The molecule has 0 bridgehead atoms. The second-order valence-electron chi connectivity index (χ2n) is 5.33. The zero-order chi connectivity index (χ0) is 15.1. The Kier molecular flexibility index (Phi) is 6.04. The molecule has 1 atom stereocenters. The average molecular weight is 295 g/mol. The minimum absolute atomic E-state index is 0.243. The average Bonchev–Trinajstić information content (AvgIpc) is 3.14. The number of carbonyl (C=O) groups is 1. The number of nitrogens with zero attached hydrogens (tertiary/aromatic N) is 2. The Hall–Kier alpha value is -1.56. The van der Waals surface area contributed by atoms with Crippen molar-refractivity contribution in [3.63, 3.8) is 0 Å². The molecule has 1 fully saturated rings. The lowest BCUT2D eigenvalue weighted by Crippen LogP contribution is -2.38. The van der Waals surface area contributed by atoms with Crippen LogP contribution in [0.3, 0.4) is 0 Å². The molecule has 1 aromatic heterocycles. The summed E-state index contributed by atoms with van der Waals surface area (Å²) in [5.41, 5.74) is 0.243. The van der Waals surface area contributed by atoms with Gasteiger partial charge in [-0.1, -0.05) is 13.3 Å². The number of unbranched alkanes of at least 4 members (excludes halogenated alkanes) is 1. The van der Waals surface area contributed by atoms with Crippen molar-refractivity contribution in [3.8, 4) is 0 Å². The first-order chi connectivity index (χ1) is 10.2. The maximum absolute atomic E-state index is 11.7. The molecule has 0 aromatic carbocycles. The molecular formula is C15H25N3O3. The van der Waals surface area contributed by atoms with Crippen LogP contribution in [0.25, 0.3) is 0 Å². The molecular weight excluding hydrogens is 270 g/mol. The molecule has 1 aliphatic rings. The van der Waals surface area contributed by atoms with Crippen molar-refractivity contribution < 1.29 is 13.9 Å². The zero-order valence-corrected chi connectivity index (χ0v) is 12.9. The van der Waals surface area contributed by atoms with Gasteiger partial charge >= 0.3 is 5.97 Å². The third kappa shape index (κ3) is 4.46. The number of esters is 1. The van der Waals surface area contributed by atoms with E-state index in [0.29, 0.717) is 18.7 Å². The molecule has 0 spiro atoms. The second-order valence-corrected chi connectivity index (χ2v) is 5.33. The van der Waals surface area contributed by atoms with Crippen molar-refractivity contribution in [1.29, 1.82) is 0 Å². The lowest BCUT2D eigenvalue weighted by molar-refractivity contribution is 0.0519. The summed E-state index contributed by atoms with van der Waals surface area (Å²) in [5, 5.41) is 3.48. The molecule has 0 saturated carbocycles. The van der Waals surface area contributed by atoms with Gasteiger partial charge in [0, 0.05) is 19.1 Å². The second kappa shape index (κ2) is 8.02. The largest absolute Gasteiger partial charge is 0.461 e. The van der Waals surface area contributed by atoms with E-state index in [9.17, 15) is 4.79 Å². The first-order valence-electron chi connectivity index (χ1n) is 7.85. The first kappa shape index (κ1) is 15.8. The number of carbonyl (C=O) groups excluding carboxylic acids is 1. The normalized spacial score (nSPS) is 17.9. The molecule has 1 N–H and O–H groups in total. The third-order valence-electron chi connectivity index (χ3n) is 3.63. The smallest absolute Gasteiger partial charge is 0.360 e. The molecule has 0 radical (unpaired) electrons. The Bertz CT molecular complexity index is 441. The number of aromatic nitrogens is 1. The van der Waals surface area contributed by atoms with E-state index in [0.717, 1.165) is 32.5 Å². The van der Waals surface area contributed by atoms with Crippen LogP contribution in [-0.2, 0) is 4.74 Å². The van der Waals surface area contributed by atoms with E-state index in [2.05, 4.69) is 22.1 Å². The summed E-state index contributed by atoms with van der Waals surface area (Å²) in [6, 6.07) is 0.986. The van der Waals surface area contributed by atoms with Crippen LogP contribution in [0.4, 0.5) is 6.01 Å². The summed E-state index contributed by atoms with van der Waals surface area (Å²) in [6.07, 6.45) is 5.96. The van der Waals surface area contributed by atoms with Gasteiger partial charge < -0.3 is 19.4 Å². The van der Waals surface area contributed by atoms with Crippen molar-refractivity contribution in [2.75, 3.05) is 31.1 Å². The highest BCUT2D eigenvalue weighted by Crippen LogP contribution is 2.17. The molecule has 2 rings (SSSR count). The Labute approximate surface area is 125 Å². The number of hydrogen-bond donors (Lipinski definition) is 1. The molecule has 0 aliphatic carbocycles. The Balaban J connectivity index is 2.02. The molecule has 0 amide bonds. The minimum Gasteiger partial charge on any atom is -0.461 e. The molecule has 6 nitrogen and oxygen atoms in total. The highest BCUT2D eigenvalue weighted by atomic mass is 16.5. The van der Waals surface area contributed by atoms with Crippen molar-refractivity contribution in [2.24, 2.45) is 0 Å². The minimum atomic E-state index is -0.429. The van der Waals surface area contributed by atoms with E-state index < -0.39 is 5.97 Å². The fraction of sp³-hybridized carbons (Fsp3) is 0.733. The summed E-state index contributed by atoms with van der Waals surface area (Å²) in [4.78, 5) is 18.1. The fourth-order valence-corrected chi connectivity index (χ4v) is 2.50. The van der Waals surface area contributed by atoms with Crippen LogP contribution in [-0.4, -0.2) is 43.2 Å². The standard InChI is InChI=1S/C15H25N3O3/c1-3-5-9-18(10-12-7-6-8-16-12)15-17-13(11-21-15)14(19)20-4-2/h11-12,16H,3-10H2,1-2H3. The van der Waals surface area contributed by atoms with Gasteiger partial charge in [0.15, 0.2) is 5.69 Å². The Morgan fingerprint density at radius 3 is 3.10 bits per heavy atom. The molecule has 1 saturated heterocycles. The number of ether oxygens (including phenoxy) is 1. The molecule has 2 heterocycles. The summed E-state index contributed by atoms with van der Waals surface area (Å²) < 4.78 is 10.4. The SMILES string of the molecule is CCCCN(CC1CCCN1)c1nc(C(=O)OCC)co1. The van der Waals surface area contributed by atoms with E-state index in [1.54, 1.807) is 6.92 Å². The van der Waals surface area contributed by atoms with Crippen molar-refractivity contribution in [3.05, 3.63) is 12.0 Å². The monoisotopic (exact) mass is 295 g/mol. The third-order valence-corrected chi connectivity index (χ3v) is 3.63. The van der Waals surface area contributed by atoms with Gasteiger partial charge in [0.05, 0.1) is 6.61 Å². The summed E-state index contributed by atoms with van der Waals surface area (Å²) in [5.74, 6) is -0.429. The van der Waals surface area contributed by atoms with Crippen molar-refractivity contribution >= 4 is 12.0 Å². The molecule has 118 valence electrons. The Morgan fingerprint density at radius 1 is 1.57 bits per heavy atom. The van der Waals surface area contributed by atoms with Crippen LogP contribution in [0, 0.1) is 0 Å². The van der Waals surface area contributed by atoms with Gasteiger partial charge in [0.1, 0.15) is 6.26 Å². The van der Waals surface area contributed by atoms with Gasteiger partial charge in [-0.3, -0.25) is 0 Å². The lowest BCUT2D eigenvalue weighted by Gasteiger charge is -2.23. The van der Waals surface area contributed by atoms with E-state index in [4.69, 9.17) is 9.15 Å². The van der Waals surface area contributed by atoms with Crippen LogP contribution >= 0.6 is 0 Å². The fourth-order valence-electron chi connectivity index (χ4n) is 2.50. The van der Waals surface area contributed by atoms with Crippen LogP contribution < -0.4 is 10.2 Å². The van der Waals surface area contributed by atoms with E-state index >= 15 is 0 Å². The zero-order valence-electron chi connectivity index (χ0n) is 12.9. The quantitative estimate of drug-likeness (QED) is 0.742. The van der Waals surface area contributed by atoms with Crippen LogP contribution in [0.2, 0.25) is 0 Å². The van der Waals surface area contributed by atoms with E-state index in [1.807, 2.05) is 0 Å². The summed E-state index contributed by atoms with van der Waals surface area (Å²) in [6.45, 7) is 7.10. The van der Waals surface area contributed by atoms with Gasteiger partial charge in [-0.2, -0.15) is 4.98 Å². The maximum atomic E-state index is 11.7. The number of oxazole rings is 1. The highest BCUT2D eigenvalue weighted by molar-refractivity contribution is 5.87. The lowest BCUT2D eigenvalue weighted by atomic mass is 10.2. The Morgan fingerprint density at radius 2 is 2.43 bits per heavy atom. The highest BCUT2D eigenvalue weighted by Gasteiger charge is 2.22. The van der Waals surface area contributed by atoms with Gasteiger partial charge in [0.25, 0.3) is 6.01 Å². The number of rotatable bonds is 8. The van der Waals surface area contributed by atoms with Gasteiger partial charge in [-0.25, -0.2) is 4.79 Å². The maximum Gasteiger partial charge on any atom is 0.360 e. The molecule has 1 aromatic rings. The van der Waals surface area contributed by atoms with Crippen LogP contribution in [0.1, 0.15) is 50.0 Å². The number of nitrogens with one attached hydrogen (secondary N) is 1. The van der Waals surface area contributed by atoms with E-state index in [-0.39, 0.29) is 5.69 Å². The topological polar surface area (TPSA) is 67.6 Å². The number of hydrogen-bond acceptors (Lipinski definition) is 6.